The smallest absolute Gasteiger partial charge is 0.291 e. The van der Waals surface area contributed by atoms with Gasteiger partial charge < -0.3 is 15.8 Å². The van der Waals surface area contributed by atoms with E-state index in [2.05, 4.69) is 31.1 Å². The number of carbonyl (C=O) groups excluding carboxylic acids is 1. The second-order valence-corrected chi connectivity index (χ2v) is 10.9. The average molecular weight is 483 g/mol. The number of hydrogen-bond donors (Lipinski definition) is 2. The summed E-state index contributed by atoms with van der Waals surface area (Å²) in [6.07, 6.45) is 7.48. The Hall–Kier alpha value is -3.00. The summed E-state index contributed by atoms with van der Waals surface area (Å²) in [5, 5.41) is 14.8. The summed E-state index contributed by atoms with van der Waals surface area (Å²) in [7, 11) is 0. The number of aromatic nitrogens is 1. The van der Waals surface area contributed by atoms with Crippen LogP contribution in [0, 0.1) is 21.4 Å². The molecule has 190 valence electrons. The molecule has 1 heterocycles. The molecule has 8 nitrogen and oxygen atoms in total. The Bertz CT molecular complexity index is 1000. The molecule has 1 aromatic heterocycles. The normalized spacial score (nSPS) is 16.3. The molecule has 3 N–H and O–H groups in total. The molecule has 1 amide bonds. The van der Waals surface area contributed by atoms with Crippen molar-refractivity contribution >= 4 is 11.6 Å². The molecule has 8 heteroatoms. The van der Waals surface area contributed by atoms with Crippen molar-refractivity contribution in [3.8, 4) is 11.6 Å². The molecule has 2 aromatic rings. The fourth-order valence-corrected chi connectivity index (χ4v) is 4.76. The first kappa shape index (κ1) is 26.6. The molecular formula is C27H38N4O4. The van der Waals surface area contributed by atoms with E-state index in [0.717, 1.165) is 38.5 Å². The van der Waals surface area contributed by atoms with E-state index in [9.17, 15) is 14.9 Å². The maximum atomic E-state index is 12.9. The summed E-state index contributed by atoms with van der Waals surface area (Å²) in [6.45, 7) is 6.97. The van der Waals surface area contributed by atoms with Crippen LogP contribution < -0.4 is 15.8 Å². The number of para-hydroxylation sites is 1. The van der Waals surface area contributed by atoms with Gasteiger partial charge >= 0.3 is 0 Å². The molecule has 1 fully saturated rings. The number of ether oxygens (including phenoxy) is 1. The Morgan fingerprint density at radius 1 is 1.20 bits per heavy atom. The van der Waals surface area contributed by atoms with Crippen LogP contribution in [0.2, 0.25) is 0 Å². The minimum Gasteiger partial charge on any atom is -0.439 e. The van der Waals surface area contributed by atoms with E-state index in [4.69, 9.17) is 10.5 Å². The largest absolute Gasteiger partial charge is 0.439 e. The molecular weight excluding hydrogens is 444 g/mol. The van der Waals surface area contributed by atoms with Gasteiger partial charge in [-0.15, -0.1) is 0 Å². The van der Waals surface area contributed by atoms with Gasteiger partial charge in [0.1, 0.15) is 11.9 Å². The highest BCUT2D eigenvalue weighted by molar-refractivity contribution is 5.77. The Morgan fingerprint density at radius 2 is 1.89 bits per heavy atom. The molecule has 0 aliphatic heterocycles. The number of nitro groups is 1. The maximum absolute atomic E-state index is 12.9. The highest BCUT2D eigenvalue weighted by Gasteiger charge is 2.39. The van der Waals surface area contributed by atoms with Crippen LogP contribution in [-0.4, -0.2) is 27.9 Å². The number of nitrogens with zero attached hydrogens (tertiary/aromatic N) is 2. The van der Waals surface area contributed by atoms with Gasteiger partial charge in [0.05, 0.1) is 4.92 Å². The Labute approximate surface area is 207 Å². The Morgan fingerprint density at radius 3 is 2.51 bits per heavy atom. The average Bonchev–Trinajstić information content (AvgIpc) is 2.79. The van der Waals surface area contributed by atoms with Gasteiger partial charge in [0.25, 0.3) is 5.69 Å². The van der Waals surface area contributed by atoms with Crippen LogP contribution in [0.15, 0.2) is 42.6 Å². The van der Waals surface area contributed by atoms with E-state index in [-0.39, 0.29) is 41.6 Å². The van der Waals surface area contributed by atoms with Crippen molar-refractivity contribution in [3.63, 3.8) is 0 Å². The number of carbonyl (C=O) groups is 1. The molecule has 1 atom stereocenters. The van der Waals surface area contributed by atoms with Crippen LogP contribution in [0.1, 0.15) is 71.3 Å². The van der Waals surface area contributed by atoms with Gasteiger partial charge in [-0.3, -0.25) is 14.9 Å². The highest BCUT2D eigenvalue weighted by atomic mass is 16.6. The lowest BCUT2D eigenvalue weighted by Crippen LogP contribution is -2.53. The van der Waals surface area contributed by atoms with Crippen molar-refractivity contribution in [2.45, 2.75) is 77.7 Å². The van der Waals surface area contributed by atoms with Crippen molar-refractivity contribution in [1.29, 1.82) is 0 Å². The van der Waals surface area contributed by atoms with Crippen LogP contribution in [0.25, 0.3) is 0 Å². The zero-order valence-electron chi connectivity index (χ0n) is 21.1. The van der Waals surface area contributed by atoms with Crippen LogP contribution >= 0.6 is 0 Å². The van der Waals surface area contributed by atoms with Gasteiger partial charge in [-0.2, -0.15) is 0 Å². The van der Waals surface area contributed by atoms with Gasteiger partial charge in [0, 0.05) is 30.1 Å². The number of benzene rings is 1. The monoisotopic (exact) mass is 482 g/mol. The molecule has 1 saturated carbocycles. The standard InChI is InChI=1S/C27H38N4O4/c1-26(2,3)14-15-29-24(32)18-27(28,21-10-6-4-7-11-21)17-20-16-25(30-19-23(20)31(33)34)35-22-12-8-5-9-13-22/h5,8-9,12-13,16,19,21H,4,6-7,10-11,14-15,17-18,28H2,1-3H3,(H,29,32). The lowest BCUT2D eigenvalue weighted by atomic mass is 9.70. The maximum Gasteiger partial charge on any atom is 0.291 e. The zero-order chi connectivity index (χ0) is 25.5. The van der Waals surface area contributed by atoms with Crippen molar-refractivity contribution < 1.29 is 14.5 Å². The van der Waals surface area contributed by atoms with Crippen molar-refractivity contribution in [1.82, 2.24) is 10.3 Å². The molecule has 35 heavy (non-hydrogen) atoms. The first-order valence-corrected chi connectivity index (χ1v) is 12.5. The first-order chi connectivity index (χ1) is 16.6. The van der Waals surface area contributed by atoms with E-state index in [1.807, 2.05) is 18.2 Å². The lowest BCUT2D eigenvalue weighted by Gasteiger charge is -2.39. The molecule has 3 rings (SSSR count). The SMILES string of the molecule is CC(C)(C)CCNC(=O)CC(N)(Cc1cc(Oc2ccccc2)ncc1[N+](=O)[O-])C1CCCCC1. The number of amides is 1. The van der Waals surface area contributed by atoms with Crippen LogP contribution in [0.4, 0.5) is 5.69 Å². The van der Waals surface area contributed by atoms with Gasteiger partial charge in [-0.05, 0) is 49.1 Å². The Kier molecular flexibility index (Phi) is 8.83. The van der Waals surface area contributed by atoms with Gasteiger partial charge in [0.15, 0.2) is 0 Å². The second kappa shape index (κ2) is 11.6. The van der Waals surface area contributed by atoms with Crippen molar-refractivity contribution in [2.24, 2.45) is 17.1 Å². The molecule has 1 aromatic carbocycles. The van der Waals surface area contributed by atoms with E-state index in [1.165, 1.54) is 6.20 Å². The topological polar surface area (TPSA) is 120 Å². The molecule has 0 bridgehead atoms. The summed E-state index contributed by atoms with van der Waals surface area (Å²) in [5.74, 6) is 0.845. The second-order valence-electron chi connectivity index (χ2n) is 10.9. The predicted octanol–water partition coefficient (Wildman–Crippen LogP) is 5.54. The third kappa shape index (κ3) is 8.02. The van der Waals surface area contributed by atoms with Crippen molar-refractivity contribution in [3.05, 3.63) is 58.3 Å². The van der Waals surface area contributed by atoms with Crippen LogP contribution in [0.5, 0.6) is 11.6 Å². The molecule has 1 unspecified atom stereocenters. The third-order valence-electron chi connectivity index (χ3n) is 6.73. The summed E-state index contributed by atoms with van der Waals surface area (Å²) >= 11 is 0. The van der Waals surface area contributed by atoms with E-state index >= 15 is 0 Å². The lowest BCUT2D eigenvalue weighted by molar-refractivity contribution is -0.386. The minimum atomic E-state index is -0.900. The number of nitrogens with two attached hydrogens (primary N) is 1. The molecule has 1 aliphatic rings. The predicted molar refractivity (Wildman–Crippen MR) is 136 cm³/mol. The molecule has 0 saturated heterocycles. The van der Waals surface area contributed by atoms with Gasteiger partial charge in [-0.1, -0.05) is 58.2 Å². The number of rotatable bonds is 10. The summed E-state index contributed by atoms with van der Waals surface area (Å²) < 4.78 is 5.83. The quantitative estimate of drug-likeness (QED) is 0.339. The Balaban J connectivity index is 1.85. The van der Waals surface area contributed by atoms with E-state index in [0.29, 0.717) is 17.9 Å². The van der Waals surface area contributed by atoms with Crippen LogP contribution in [0.3, 0.4) is 0 Å². The van der Waals surface area contributed by atoms with E-state index in [1.54, 1.807) is 18.2 Å². The first-order valence-electron chi connectivity index (χ1n) is 12.5. The van der Waals surface area contributed by atoms with E-state index < -0.39 is 10.5 Å². The minimum absolute atomic E-state index is 0.107. The molecule has 0 radical (unpaired) electrons. The fourth-order valence-electron chi connectivity index (χ4n) is 4.76. The van der Waals surface area contributed by atoms with Gasteiger partial charge in [0.2, 0.25) is 11.8 Å². The molecule has 0 spiro atoms. The van der Waals surface area contributed by atoms with Crippen molar-refractivity contribution in [2.75, 3.05) is 6.54 Å². The number of hydrogen-bond acceptors (Lipinski definition) is 6. The summed E-state index contributed by atoms with van der Waals surface area (Å²) in [5.41, 5.74) is 6.53. The summed E-state index contributed by atoms with van der Waals surface area (Å²) in [4.78, 5) is 28.5. The van der Waals surface area contributed by atoms with Crippen LogP contribution in [-0.2, 0) is 11.2 Å². The number of pyridine rings is 1. The third-order valence-corrected chi connectivity index (χ3v) is 6.73. The number of nitrogens with one attached hydrogen (secondary N) is 1. The fraction of sp³-hybridized carbons (Fsp3) is 0.556. The highest BCUT2D eigenvalue weighted by Crippen LogP contribution is 2.38. The zero-order valence-corrected chi connectivity index (χ0v) is 21.1. The van der Waals surface area contributed by atoms with Gasteiger partial charge in [-0.25, -0.2) is 4.98 Å². The summed E-state index contributed by atoms with van der Waals surface area (Å²) in [6, 6.07) is 10.7. The molecule has 1 aliphatic carbocycles.